The molecule has 0 bridgehead atoms. The van der Waals surface area contributed by atoms with Gasteiger partial charge in [0.25, 0.3) is 5.91 Å². The fourth-order valence-electron chi connectivity index (χ4n) is 2.68. The van der Waals surface area contributed by atoms with Gasteiger partial charge in [0, 0.05) is 24.8 Å². The number of hydrogen-bond acceptors (Lipinski definition) is 3. The van der Waals surface area contributed by atoms with E-state index in [0.717, 1.165) is 18.8 Å². The Balaban J connectivity index is 1.82. The Hall–Kier alpha value is -1.71. The highest BCUT2D eigenvalue weighted by molar-refractivity contribution is 5.77. The van der Waals surface area contributed by atoms with Crippen LogP contribution in [0.3, 0.4) is 0 Å². The van der Waals surface area contributed by atoms with E-state index in [1.807, 2.05) is 24.1 Å². The number of nitrogens with two attached hydrogens (primary N) is 1. The first-order valence-corrected chi connectivity index (χ1v) is 7.30. The second kappa shape index (κ2) is 6.64. The highest BCUT2D eigenvalue weighted by atomic mass is 16.5. The van der Waals surface area contributed by atoms with Gasteiger partial charge in [-0.25, -0.2) is 0 Å². The summed E-state index contributed by atoms with van der Waals surface area (Å²) in [6, 6.07) is 7.52. The molecule has 0 spiro atoms. The van der Waals surface area contributed by atoms with Crippen LogP contribution in [0.2, 0.25) is 0 Å². The lowest BCUT2D eigenvalue weighted by Crippen LogP contribution is -2.41. The fourth-order valence-corrected chi connectivity index (χ4v) is 2.68. The summed E-state index contributed by atoms with van der Waals surface area (Å²) in [7, 11) is 1.88. The van der Waals surface area contributed by atoms with Crippen LogP contribution in [0.5, 0.6) is 5.75 Å². The number of rotatable bonds is 4. The second-order valence-electron chi connectivity index (χ2n) is 5.78. The molecule has 1 fully saturated rings. The standard InChI is InChI=1S/C16H24N2O2/c1-12-6-8-14(9-7-12)18(2)16(19)11-20-15-5-3-4-13(17)10-15/h3-5,10,12,14H,6-9,11,17H2,1-2H3. The van der Waals surface area contributed by atoms with Crippen molar-refractivity contribution in [2.45, 2.75) is 38.6 Å². The van der Waals surface area contributed by atoms with E-state index in [1.54, 1.807) is 12.1 Å². The summed E-state index contributed by atoms with van der Waals surface area (Å²) in [6.07, 6.45) is 4.61. The first-order valence-electron chi connectivity index (χ1n) is 7.30. The van der Waals surface area contributed by atoms with Crippen LogP contribution >= 0.6 is 0 Å². The molecule has 0 aromatic heterocycles. The summed E-state index contributed by atoms with van der Waals surface area (Å²) in [5.74, 6) is 1.47. The lowest BCUT2D eigenvalue weighted by molar-refractivity contribution is -0.134. The molecule has 1 amide bonds. The Morgan fingerprint density at radius 3 is 2.70 bits per heavy atom. The molecule has 2 N–H and O–H groups in total. The van der Waals surface area contributed by atoms with E-state index in [4.69, 9.17) is 10.5 Å². The van der Waals surface area contributed by atoms with Gasteiger partial charge in [0.15, 0.2) is 6.61 Å². The molecule has 0 unspecified atom stereocenters. The van der Waals surface area contributed by atoms with Crippen molar-refractivity contribution in [3.63, 3.8) is 0 Å². The summed E-state index contributed by atoms with van der Waals surface area (Å²) in [6.45, 7) is 2.35. The van der Waals surface area contributed by atoms with E-state index in [1.165, 1.54) is 12.8 Å². The summed E-state index contributed by atoms with van der Waals surface area (Å²) in [4.78, 5) is 14.0. The van der Waals surface area contributed by atoms with E-state index < -0.39 is 0 Å². The maximum Gasteiger partial charge on any atom is 0.260 e. The van der Waals surface area contributed by atoms with Gasteiger partial charge in [0.1, 0.15) is 5.75 Å². The van der Waals surface area contributed by atoms with E-state index in [9.17, 15) is 4.79 Å². The summed E-state index contributed by atoms with van der Waals surface area (Å²) >= 11 is 0. The van der Waals surface area contributed by atoms with Crippen LogP contribution in [-0.2, 0) is 4.79 Å². The first kappa shape index (κ1) is 14.7. The molecule has 2 rings (SSSR count). The highest BCUT2D eigenvalue weighted by Gasteiger charge is 2.24. The topological polar surface area (TPSA) is 55.6 Å². The molecule has 1 aromatic rings. The molecule has 0 atom stereocenters. The molecule has 0 radical (unpaired) electrons. The SMILES string of the molecule is CC1CCC(N(C)C(=O)COc2cccc(N)c2)CC1. The molecule has 110 valence electrons. The van der Waals surface area contributed by atoms with Crippen LogP contribution in [0.4, 0.5) is 5.69 Å². The lowest BCUT2D eigenvalue weighted by Gasteiger charge is -2.33. The van der Waals surface area contributed by atoms with Gasteiger partial charge in [-0.3, -0.25) is 4.79 Å². The molecule has 20 heavy (non-hydrogen) atoms. The Morgan fingerprint density at radius 2 is 2.05 bits per heavy atom. The smallest absolute Gasteiger partial charge is 0.260 e. The molecule has 1 aromatic carbocycles. The van der Waals surface area contributed by atoms with Crippen molar-refractivity contribution >= 4 is 11.6 Å². The maximum absolute atomic E-state index is 12.2. The normalized spacial score (nSPS) is 22.3. The zero-order valence-electron chi connectivity index (χ0n) is 12.3. The van der Waals surface area contributed by atoms with E-state index in [-0.39, 0.29) is 12.5 Å². The number of nitrogens with zero attached hydrogens (tertiary/aromatic N) is 1. The van der Waals surface area contributed by atoms with Crippen molar-refractivity contribution in [3.8, 4) is 5.75 Å². The Labute approximate surface area is 120 Å². The largest absolute Gasteiger partial charge is 0.484 e. The quantitative estimate of drug-likeness (QED) is 0.860. The van der Waals surface area contributed by atoms with Crippen molar-refractivity contribution in [2.24, 2.45) is 5.92 Å². The molecule has 1 aliphatic carbocycles. The summed E-state index contributed by atoms with van der Waals surface area (Å²) in [5, 5.41) is 0. The Bertz CT molecular complexity index is 454. The monoisotopic (exact) mass is 276 g/mol. The predicted molar refractivity (Wildman–Crippen MR) is 80.5 cm³/mol. The zero-order valence-corrected chi connectivity index (χ0v) is 12.3. The fraction of sp³-hybridized carbons (Fsp3) is 0.562. The molecule has 0 heterocycles. The van der Waals surface area contributed by atoms with E-state index in [2.05, 4.69) is 6.92 Å². The number of hydrogen-bond donors (Lipinski definition) is 1. The van der Waals surface area contributed by atoms with Crippen molar-refractivity contribution in [3.05, 3.63) is 24.3 Å². The van der Waals surface area contributed by atoms with Crippen LogP contribution in [0.1, 0.15) is 32.6 Å². The zero-order chi connectivity index (χ0) is 14.5. The van der Waals surface area contributed by atoms with E-state index in [0.29, 0.717) is 17.5 Å². The molecule has 1 saturated carbocycles. The van der Waals surface area contributed by atoms with Crippen molar-refractivity contribution < 1.29 is 9.53 Å². The van der Waals surface area contributed by atoms with Gasteiger partial charge in [-0.15, -0.1) is 0 Å². The number of benzene rings is 1. The van der Waals surface area contributed by atoms with Crippen LogP contribution < -0.4 is 10.5 Å². The predicted octanol–water partition coefficient (Wildman–Crippen LogP) is 2.68. The van der Waals surface area contributed by atoms with Gasteiger partial charge in [-0.2, -0.15) is 0 Å². The number of anilines is 1. The average Bonchev–Trinajstić information content (AvgIpc) is 2.45. The molecular weight excluding hydrogens is 252 g/mol. The number of likely N-dealkylation sites (N-methyl/N-ethyl adjacent to an activating group) is 1. The first-order chi connectivity index (χ1) is 9.56. The molecule has 0 aliphatic heterocycles. The van der Waals surface area contributed by atoms with Gasteiger partial charge in [0.2, 0.25) is 0 Å². The van der Waals surface area contributed by atoms with Crippen LogP contribution in [0.15, 0.2) is 24.3 Å². The minimum absolute atomic E-state index is 0.0342. The van der Waals surface area contributed by atoms with Gasteiger partial charge >= 0.3 is 0 Å². The van der Waals surface area contributed by atoms with Gasteiger partial charge in [-0.05, 0) is 43.7 Å². The van der Waals surface area contributed by atoms with Gasteiger partial charge < -0.3 is 15.4 Å². The Morgan fingerprint density at radius 1 is 1.35 bits per heavy atom. The molecule has 1 aliphatic rings. The molecule has 0 saturated heterocycles. The third-order valence-corrected chi connectivity index (χ3v) is 4.15. The number of amides is 1. The highest BCUT2D eigenvalue weighted by Crippen LogP contribution is 2.26. The Kier molecular flexibility index (Phi) is 4.88. The summed E-state index contributed by atoms with van der Waals surface area (Å²) in [5.41, 5.74) is 6.32. The number of carbonyl (C=O) groups is 1. The second-order valence-corrected chi connectivity index (χ2v) is 5.78. The number of nitrogen functional groups attached to an aromatic ring is 1. The van der Waals surface area contributed by atoms with Crippen LogP contribution in [0, 0.1) is 5.92 Å². The minimum atomic E-state index is 0.0342. The molecule has 4 nitrogen and oxygen atoms in total. The van der Waals surface area contributed by atoms with Crippen molar-refractivity contribution in [1.82, 2.24) is 4.90 Å². The van der Waals surface area contributed by atoms with E-state index >= 15 is 0 Å². The van der Waals surface area contributed by atoms with Crippen molar-refractivity contribution in [2.75, 3.05) is 19.4 Å². The number of carbonyl (C=O) groups excluding carboxylic acids is 1. The third kappa shape index (κ3) is 3.89. The molecule has 4 heteroatoms. The lowest BCUT2D eigenvalue weighted by atomic mass is 9.87. The minimum Gasteiger partial charge on any atom is -0.484 e. The molecular formula is C16H24N2O2. The van der Waals surface area contributed by atoms with Crippen LogP contribution in [0.25, 0.3) is 0 Å². The van der Waals surface area contributed by atoms with Gasteiger partial charge in [0.05, 0.1) is 0 Å². The number of ether oxygens (including phenoxy) is 1. The average molecular weight is 276 g/mol. The third-order valence-electron chi connectivity index (χ3n) is 4.15. The van der Waals surface area contributed by atoms with Crippen LogP contribution in [-0.4, -0.2) is 30.5 Å². The summed E-state index contributed by atoms with van der Waals surface area (Å²) < 4.78 is 5.51. The van der Waals surface area contributed by atoms with Crippen molar-refractivity contribution in [1.29, 1.82) is 0 Å². The maximum atomic E-state index is 12.2. The van der Waals surface area contributed by atoms with Gasteiger partial charge in [-0.1, -0.05) is 13.0 Å².